The lowest BCUT2D eigenvalue weighted by atomic mass is 10.1. The number of amides is 1. The van der Waals surface area contributed by atoms with Crippen LogP contribution in [0.3, 0.4) is 0 Å². The highest BCUT2D eigenvalue weighted by Crippen LogP contribution is 2.13. The molecular weight excluding hydrogens is 300 g/mol. The number of anilines is 1. The molecule has 0 aliphatic carbocycles. The molecule has 0 heterocycles. The van der Waals surface area contributed by atoms with Gasteiger partial charge in [-0.3, -0.25) is 4.79 Å². The summed E-state index contributed by atoms with van der Waals surface area (Å²) in [5.74, 6) is 0.930. The van der Waals surface area contributed by atoms with Crippen LogP contribution in [0.15, 0.2) is 48.5 Å². The molecule has 1 N–H and O–H groups in total. The largest absolute Gasteiger partial charge is 0.497 e. The smallest absolute Gasteiger partial charge is 0.220 e. The van der Waals surface area contributed by atoms with Crippen LogP contribution in [0.1, 0.15) is 17.5 Å². The molecular formula is C20H26N2O2. The predicted octanol–water partition coefficient (Wildman–Crippen LogP) is 3.05. The molecule has 0 saturated carbocycles. The molecule has 2 rings (SSSR count). The minimum atomic E-state index is 0.0933. The highest BCUT2D eigenvalue weighted by molar-refractivity contribution is 5.76. The quantitative estimate of drug-likeness (QED) is 0.811. The number of ether oxygens (including phenoxy) is 1. The van der Waals surface area contributed by atoms with E-state index in [0.717, 1.165) is 24.2 Å². The number of methoxy groups -OCH3 is 1. The number of nitrogens with one attached hydrogen (secondary N) is 1. The zero-order valence-electron chi connectivity index (χ0n) is 14.7. The Morgan fingerprint density at radius 1 is 0.958 bits per heavy atom. The summed E-state index contributed by atoms with van der Waals surface area (Å²) in [6.07, 6.45) is 2.10. The van der Waals surface area contributed by atoms with Gasteiger partial charge in [0, 0.05) is 32.7 Å². The van der Waals surface area contributed by atoms with E-state index in [-0.39, 0.29) is 5.91 Å². The van der Waals surface area contributed by atoms with Crippen LogP contribution < -0.4 is 15.0 Å². The Labute approximate surface area is 144 Å². The van der Waals surface area contributed by atoms with Crippen LogP contribution >= 0.6 is 0 Å². The molecule has 4 nitrogen and oxygen atoms in total. The Kier molecular flexibility index (Phi) is 6.67. The van der Waals surface area contributed by atoms with Gasteiger partial charge in [0.05, 0.1) is 7.11 Å². The normalized spacial score (nSPS) is 10.3. The summed E-state index contributed by atoms with van der Waals surface area (Å²) < 4.78 is 5.13. The van der Waals surface area contributed by atoms with Gasteiger partial charge in [-0.2, -0.15) is 0 Å². The Hall–Kier alpha value is -2.49. The van der Waals surface area contributed by atoms with Gasteiger partial charge in [-0.05, 0) is 48.2 Å². The number of nitrogens with zero attached hydrogens (tertiary/aromatic N) is 1. The van der Waals surface area contributed by atoms with E-state index in [0.29, 0.717) is 13.0 Å². The Morgan fingerprint density at radius 2 is 1.54 bits per heavy atom. The molecule has 0 aliphatic rings. The fraction of sp³-hybridized carbons (Fsp3) is 0.350. The van der Waals surface area contributed by atoms with E-state index in [1.165, 1.54) is 11.3 Å². The minimum Gasteiger partial charge on any atom is -0.497 e. The summed E-state index contributed by atoms with van der Waals surface area (Å²) in [5, 5.41) is 2.99. The maximum Gasteiger partial charge on any atom is 0.220 e. The van der Waals surface area contributed by atoms with Gasteiger partial charge in [-0.25, -0.2) is 0 Å². The third kappa shape index (κ3) is 5.61. The van der Waals surface area contributed by atoms with Crippen molar-refractivity contribution in [3.05, 3.63) is 59.7 Å². The molecule has 0 atom stereocenters. The number of benzene rings is 2. The maximum atomic E-state index is 11.9. The highest BCUT2D eigenvalue weighted by atomic mass is 16.5. The van der Waals surface area contributed by atoms with Gasteiger partial charge in [0.15, 0.2) is 0 Å². The van der Waals surface area contributed by atoms with Crippen molar-refractivity contribution < 1.29 is 9.53 Å². The molecule has 128 valence electrons. The third-order valence-corrected chi connectivity index (χ3v) is 3.99. The number of carbonyl (C=O) groups is 1. The van der Waals surface area contributed by atoms with Gasteiger partial charge in [0.2, 0.25) is 5.91 Å². The molecule has 24 heavy (non-hydrogen) atoms. The van der Waals surface area contributed by atoms with Gasteiger partial charge < -0.3 is 15.0 Å². The molecule has 0 spiro atoms. The van der Waals surface area contributed by atoms with Gasteiger partial charge >= 0.3 is 0 Å². The second-order valence-corrected chi connectivity index (χ2v) is 6.01. The number of aryl methyl sites for hydroxylation is 1. The first-order chi connectivity index (χ1) is 11.6. The Balaban J connectivity index is 1.69. The lowest BCUT2D eigenvalue weighted by molar-refractivity contribution is -0.121. The van der Waals surface area contributed by atoms with Crippen LogP contribution in [0.2, 0.25) is 0 Å². The third-order valence-electron chi connectivity index (χ3n) is 3.99. The number of carbonyl (C=O) groups excluding carboxylic acids is 1. The van der Waals surface area contributed by atoms with E-state index in [1.54, 1.807) is 7.11 Å². The first-order valence-corrected chi connectivity index (χ1v) is 8.24. The van der Waals surface area contributed by atoms with Gasteiger partial charge in [0.25, 0.3) is 0 Å². The average molecular weight is 326 g/mol. The van der Waals surface area contributed by atoms with Crippen LogP contribution in [0.25, 0.3) is 0 Å². The van der Waals surface area contributed by atoms with Crippen molar-refractivity contribution >= 4 is 11.6 Å². The summed E-state index contributed by atoms with van der Waals surface area (Å²) in [6, 6.07) is 16.3. The Bertz CT molecular complexity index is 634. The summed E-state index contributed by atoms with van der Waals surface area (Å²) >= 11 is 0. The van der Waals surface area contributed by atoms with Gasteiger partial charge in [-0.15, -0.1) is 0 Å². The molecule has 4 heteroatoms. The van der Waals surface area contributed by atoms with Gasteiger partial charge in [0.1, 0.15) is 5.75 Å². The second kappa shape index (κ2) is 8.96. The monoisotopic (exact) mass is 326 g/mol. The zero-order chi connectivity index (χ0) is 17.4. The van der Waals surface area contributed by atoms with Crippen LogP contribution in [0, 0.1) is 0 Å². The highest BCUT2D eigenvalue weighted by Gasteiger charge is 2.03. The summed E-state index contributed by atoms with van der Waals surface area (Å²) in [7, 11) is 5.70. The van der Waals surface area contributed by atoms with Crippen molar-refractivity contribution in [3.8, 4) is 5.75 Å². The molecule has 2 aromatic rings. The standard InChI is InChI=1S/C20H26N2O2/c1-22(2)18-9-4-17(5-10-18)14-15-21-20(23)13-8-16-6-11-19(24-3)12-7-16/h4-7,9-12H,8,13-15H2,1-3H3,(H,21,23). The van der Waals surface area contributed by atoms with Crippen molar-refractivity contribution in [2.75, 3.05) is 32.6 Å². The van der Waals surface area contributed by atoms with Crippen molar-refractivity contribution in [2.24, 2.45) is 0 Å². The molecule has 0 radical (unpaired) electrons. The summed E-state index contributed by atoms with van der Waals surface area (Å²) in [6.45, 7) is 0.669. The molecule has 0 unspecified atom stereocenters. The lowest BCUT2D eigenvalue weighted by Gasteiger charge is -2.12. The predicted molar refractivity (Wildman–Crippen MR) is 98.8 cm³/mol. The summed E-state index contributed by atoms with van der Waals surface area (Å²) in [4.78, 5) is 14.0. The van der Waals surface area contributed by atoms with Crippen molar-refractivity contribution in [1.29, 1.82) is 0 Å². The van der Waals surface area contributed by atoms with E-state index < -0.39 is 0 Å². The number of hydrogen-bond acceptors (Lipinski definition) is 3. The molecule has 0 aliphatic heterocycles. The first kappa shape index (κ1) is 17.9. The fourth-order valence-electron chi connectivity index (χ4n) is 2.45. The number of rotatable bonds is 8. The zero-order valence-corrected chi connectivity index (χ0v) is 14.7. The molecule has 0 saturated heterocycles. The van der Waals surface area contributed by atoms with Crippen molar-refractivity contribution in [3.63, 3.8) is 0 Å². The average Bonchev–Trinajstić information content (AvgIpc) is 2.61. The van der Waals surface area contributed by atoms with E-state index >= 15 is 0 Å². The fourth-order valence-corrected chi connectivity index (χ4v) is 2.45. The Morgan fingerprint density at radius 3 is 2.12 bits per heavy atom. The van der Waals surface area contributed by atoms with E-state index in [4.69, 9.17) is 4.74 Å². The van der Waals surface area contributed by atoms with Crippen molar-refractivity contribution in [1.82, 2.24) is 5.32 Å². The van der Waals surface area contributed by atoms with Crippen molar-refractivity contribution in [2.45, 2.75) is 19.3 Å². The molecule has 0 fully saturated rings. The lowest BCUT2D eigenvalue weighted by Crippen LogP contribution is -2.25. The minimum absolute atomic E-state index is 0.0933. The van der Waals surface area contributed by atoms with E-state index in [2.05, 4.69) is 34.5 Å². The van der Waals surface area contributed by atoms with Gasteiger partial charge in [-0.1, -0.05) is 24.3 Å². The maximum absolute atomic E-state index is 11.9. The van der Waals surface area contributed by atoms with Crippen LogP contribution in [-0.2, 0) is 17.6 Å². The molecule has 2 aromatic carbocycles. The van der Waals surface area contributed by atoms with Crippen LogP contribution in [0.5, 0.6) is 5.75 Å². The van der Waals surface area contributed by atoms with E-state index in [9.17, 15) is 4.79 Å². The number of hydrogen-bond donors (Lipinski definition) is 1. The van der Waals surface area contributed by atoms with E-state index in [1.807, 2.05) is 38.4 Å². The topological polar surface area (TPSA) is 41.6 Å². The first-order valence-electron chi connectivity index (χ1n) is 8.24. The molecule has 0 aromatic heterocycles. The van der Waals surface area contributed by atoms with Crippen LogP contribution in [0.4, 0.5) is 5.69 Å². The molecule has 0 bridgehead atoms. The SMILES string of the molecule is COc1ccc(CCC(=O)NCCc2ccc(N(C)C)cc2)cc1. The summed E-state index contributed by atoms with van der Waals surface area (Å²) in [5.41, 5.74) is 3.56. The molecule has 1 amide bonds. The van der Waals surface area contributed by atoms with Crippen LogP contribution in [-0.4, -0.2) is 33.7 Å². The second-order valence-electron chi connectivity index (χ2n) is 6.01.